The molecule has 8 nitrogen and oxygen atoms in total. The van der Waals surface area contributed by atoms with E-state index in [0.29, 0.717) is 0 Å². The minimum atomic E-state index is -4.19. The number of carbonyl (C=O) groups is 1. The molecule has 0 aliphatic carbocycles. The molecule has 0 saturated heterocycles. The number of halogens is 1. The average molecular weight is 323 g/mol. The first-order chi connectivity index (χ1) is 9.09. The predicted octanol–water partition coefficient (Wildman–Crippen LogP) is 1.80. The van der Waals surface area contributed by atoms with Crippen molar-refractivity contribution in [3.8, 4) is 5.75 Å². The highest BCUT2D eigenvalue weighted by Crippen LogP contribution is 2.41. The van der Waals surface area contributed by atoms with Gasteiger partial charge >= 0.3 is 5.69 Å². The SMILES string of the molecule is COc1cc(S(=O)(=O)Cl)c(C)c([N+](=O)[O-])c1NC(C)=O. The van der Waals surface area contributed by atoms with Gasteiger partial charge in [-0.1, -0.05) is 0 Å². The van der Waals surface area contributed by atoms with Gasteiger partial charge in [-0.2, -0.15) is 0 Å². The van der Waals surface area contributed by atoms with Crippen molar-refractivity contribution in [1.29, 1.82) is 0 Å². The van der Waals surface area contributed by atoms with Crippen LogP contribution < -0.4 is 10.1 Å². The highest BCUT2D eigenvalue weighted by molar-refractivity contribution is 8.13. The van der Waals surface area contributed by atoms with Crippen molar-refractivity contribution in [2.45, 2.75) is 18.7 Å². The molecule has 1 N–H and O–H groups in total. The van der Waals surface area contributed by atoms with E-state index >= 15 is 0 Å². The van der Waals surface area contributed by atoms with Gasteiger partial charge in [0.25, 0.3) is 9.05 Å². The quantitative estimate of drug-likeness (QED) is 0.513. The summed E-state index contributed by atoms with van der Waals surface area (Å²) in [5, 5.41) is 13.4. The number of nitrogens with one attached hydrogen (secondary N) is 1. The zero-order chi connectivity index (χ0) is 15.7. The van der Waals surface area contributed by atoms with Gasteiger partial charge in [0.05, 0.1) is 16.9 Å². The molecule has 0 fully saturated rings. The van der Waals surface area contributed by atoms with Crippen molar-refractivity contribution in [3.05, 3.63) is 21.7 Å². The smallest absolute Gasteiger partial charge is 0.300 e. The van der Waals surface area contributed by atoms with Crippen molar-refractivity contribution in [2.75, 3.05) is 12.4 Å². The summed E-state index contributed by atoms with van der Waals surface area (Å²) in [6.45, 7) is 2.38. The van der Waals surface area contributed by atoms with E-state index in [-0.39, 0.29) is 17.0 Å². The maximum atomic E-state index is 11.4. The number of nitro benzene ring substituents is 1. The Morgan fingerprint density at radius 2 is 2.05 bits per heavy atom. The molecule has 110 valence electrons. The van der Waals surface area contributed by atoms with Gasteiger partial charge < -0.3 is 10.1 Å². The van der Waals surface area contributed by atoms with Crippen molar-refractivity contribution >= 4 is 37.0 Å². The van der Waals surface area contributed by atoms with Gasteiger partial charge in [-0.25, -0.2) is 8.42 Å². The van der Waals surface area contributed by atoms with E-state index in [1.165, 1.54) is 14.0 Å². The molecule has 1 aromatic rings. The molecule has 0 aromatic heterocycles. The lowest BCUT2D eigenvalue weighted by Gasteiger charge is -2.13. The number of anilines is 1. The summed E-state index contributed by atoms with van der Waals surface area (Å²) in [6.07, 6.45) is 0. The summed E-state index contributed by atoms with van der Waals surface area (Å²) < 4.78 is 27.7. The van der Waals surface area contributed by atoms with Crippen LogP contribution in [0.1, 0.15) is 12.5 Å². The number of nitro groups is 1. The lowest BCUT2D eigenvalue weighted by Crippen LogP contribution is -2.12. The van der Waals surface area contributed by atoms with Crippen LogP contribution in [-0.4, -0.2) is 26.4 Å². The van der Waals surface area contributed by atoms with Crippen molar-refractivity contribution in [3.63, 3.8) is 0 Å². The fourth-order valence-electron chi connectivity index (χ4n) is 1.66. The van der Waals surface area contributed by atoms with Gasteiger partial charge in [0.2, 0.25) is 5.91 Å². The lowest BCUT2D eigenvalue weighted by atomic mass is 10.1. The summed E-state index contributed by atoms with van der Waals surface area (Å²) in [4.78, 5) is 21.0. The van der Waals surface area contributed by atoms with Crippen LogP contribution in [0.2, 0.25) is 0 Å². The van der Waals surface area contributed by atoms with Crippen LogP contribution in [0.5, 0.6) is 5.75 Å². The molecule has 0 atom stereocenters. The van der Waals surface area contributed by atoms with E-state index in [2.05, 4.69) is 5.32 Å². The number of amides is 1. The van der Waals surface area contributed by atoms with Crippen LogP contribution in [-0.2, 0) is 13.8 Å². The number of methoxy groups -OCH3 is 1. The van der Waals surface area contributed by atoms with Crippen molar-refractivity contribution in [2.24, 2.45) is 0 Å². The number of hydrogen-bond donors (Lipinski definition) is 1. The van der Waals surface area contributed by atoms with Gasteiger partial charge in [-0.05, 0) is 6.92 Å². The monoisotopic (exact) mass is 322 g/mol. The molecule has 0 spiro atoms. The minimum absolute atomic E-state index is 0.170. The van der Waals surface area contributed by atoms with E-state index in [9.17, 15) is 23.3 Å². The Morgan fingerprint density at radius 3 is 2.40 bits per heavy atom. The minimum Gasteiger partial charge on any atom is -0.494 e. The van der Waals surface area contributed by atoms with Gasteiger partial charge in [0.1, 0.15) is 0 Å². The number of rotatable bonds is 4. The molecule has 1 rings (SSSR count). The predicted molar refractivity (Wildman–Crippen MR) is 71.7 cm³/mol. The molecule has 10 heteroatoms. The number of ether oxygens (including phenoxy) is 1. The van der Waals surface area contributed by atoms with Crippen LogP contribution in [0.25, 0.3) is 0 Å². The first-order valence-corrected chi connectivity index (χ1v) is 7.48. The summed E-state index contributed by atoms with van der Waals surface area (Å²) in [5.41, 5.74) is -0.986. The Hall–Kier alpha value is -1.87. The third-order valence-electron chi connectivity index (χ3n) is 2.44. The first-order valence-electron chi connectivity index (χ1n) is 5.17. The van der Waals surface area contributed by atoms with Crippen LogP contribution >= 0.6 is 10.7 Å². The molecule has 1 amide bonds. The number of benzene rings is 1. The molecule has 0 bridgehead atoms. The molecule has 0 aliphatic heterocycles. The second-order valence-electron chi connectivity index (χ2n) is 3.80. The Balaban J connectivity index is 3.81. The normalized spacial score (nSPS) is 11.0. The molecule has 0 aliphatic rings. The Morgan fingerprint density at radius 1 is 1.50 bits per heavy atom. The average Bonchev–Trinajstić information content (AvgIpc) is 2.26. The van der Waals surface area contributed by atoms with E-state index in [0.717, 1.165) is 13.0 Å². The van der Waals surface area contributed by atoms with Gasteiger partial charge in [0, 0.05) is 29.2 Å². The van der Waals surface area contributed by atoms with Crippen molar-refractivity contribution < 1.29 is 22.9 Å². The Kier molecular flexibility index (Phi) is 4.56. The number of hydrogen-bond acceptors (Lipinski definition) is 6. The molecular weight excluding hydrogens is 312 g/mol. The third kappa shape index (κ3) is 3.17. The fraction of sp³-hybridized carbons (Fsp3) is 0.300. The maximum Gasteiger partial charge on any atom is 0.300 e. The largest absolute Gasteiger partial charge is 0.494 e. The highest BCUT2D eigenvalue weighted by Gasteiger charge is 2.30. The van der Waals surface area contributed by atoms with Crippen LogP contribution in [0.15, 0.2) is 11.0 Å². The van der Waals surface area contributed by atoms with E-state index in [1.807, 2.05) is 0 Å². The molecule has 0 heterocycles. The molecular formula is C10H11ClN2O6S. The Bertz CT molecular complexity index is 685. The molecule has 0 saturated carbocycles. The lowest BCUT2D eigenvalue weighted by molar-refractivity contribution is -0.384. The third-order valence-corrected chi connectivity index (χ3v) is 3.88. The summed E-state index contributed by atoms with van der Waals surface area (Å²) >= 11 is 0. The van der Waals surface area contributed by atoms with Crippen LogP contribution in [0.3, 0.4) is 0 Å². The van der Waals surface area contributed by atoms with Gasteiger partial charge in [-0.3, -0.25) is 14.9 Å². The Labute approximate surface area is 119 Å². The van der Waals surface area contributed by atoms with Crippen molar-refractivity contribution in [1.82, 2.24) is 0 Å². The second-order valence-corrected chi connectivity index (χ2v) is 6.34. The van der Waals surface area contributed by atoms with Crippen LogP contribution in [0, 0.1) is 17.0 Å². The van der Waals surface area contributed by atoms with E-state index in [1.54, 1.807) is 0 Å². The second kappa shape index (κ2) is 5.63. The maximum absolute atomic E-state index is 11.4. The van der Waals surface area contributed by atoms with Gasteiger partial charge in [-0.15, -0.1) is 0 Å². The standard InChI is InChI=1S/C10H11ClN2O6S/c1-5-8(20(11,17)18)4-7(19-3)9(12-6(2)14)10(5)13(15)16/h4H,1-3H3,(H,12,14). The first kappa shape index (κ1) is 16.2. The summed E-state index contributed by atoms with van der Waals surface area (Å²) in [6, 6.07) is 1.02. The summed E-state index contributed by atoms with van der Waals surface area (Å²) in [7, 11) is 2.23. The fourth-order valence-corrected chi connectivity index (χ4v) is 2.85. The molecule has 0 radical (unpaired) electrons. The highest BCUT2D eigenvalue weighted by atomic mass is 35.7. The number of nitrogens with zero attached hydrogens (tertiary/aromatic N) is 1. The molecule has 20 heavy (non-hydrogen) atoms. The van der Waals surface area contributed by atoms with Crippen LogP contribution in [0.4, 0.5) is 11.4 Å². The zero-order valence-corrected chi connectivity index (χ0v) is 12.3. The van der Waals surface area contributed by atoms with E-state index in [4.69, 9.17) is 15.4 Å². The summed E-state index contributed by atoms with van der Waals surface area (Å²) in [5.74, 6) is -0.732. The topological polar surface area (TPSA) is 116 Å². The van der Waals surface area contributed by atoms with Gasteiger partial charge in [0.15, 0.2) is 11.4 Å². The zero-order valence-electron chi connectivity index (χ0n) is 10.8. The molecule has 1 aromatic carbocycles. The van der Waals surface area contributed by atoms with E-state index < -0.39 is 30.5 Å². The number of carbonyl (C=O) groups excluding carboxylic acids is 1. The molecule has 0 unspecified atom stereocenters.